The first-order chi connectivity index (χ1) is 14.8. The van der Waals surface area contributed by atoms with Crippen LogP contribution < -0.4 is 4.74 Å². The zero-order valence-electron chi connectivity index (χ0n) is 17.0. The van der Waals surface area contributed by atoms with Gasteiger partial charge in [0.2, 0.25) is 0 Å². The molecule has 0 aliphatic carbocycles. The van der Waals surface area contributed by atoms with Gasteiger partial charge < -0.3 is 4.74 Å². The van der Waals surface area contributed by atoms with Gasteiger partial charge in [-0.1, -0.05) is 12.1 Å². The van der Waals surface area contributed by atoms with Gasteiger partial charge in [-0.05, 0) is 67.9 Å². The van der Waals surface area contributed by atoms with E-state index in [0.29, 0.717) is 5.92 Å². The third-order valence-electron chi connectivity index (χ3n) is 5.78. The van der Waals surface area contributed by atoms with E-state index < -0.39 is 0 Å². The van der Waals surface area contributed by atoms with Crippen molar-refractivity contribution in [3.05, 3.63) is 72.3 Å². The average Bonchev–Trinajstić information content (AvgIpc) is 3.24. The molecule has 5 rings (SSSR count). The van der Waals surface area contributed by atoms with Crippen molar-refractivity contribution in [3.8, 4) is 17.0 Å². The topological polar surface area (TPSA) is 68.4 Å². The maximum Gasteiger partial charge on any atom is 0.177 e. The van der Waals surface area contributed by atoms with Crippen LogP contribution in [-0.4, -0.2) is 49.9 Å². The van der Waals surface area contributed by atoms with E-state index in [2.05, 4.69) is 32.2 Å². The molecule has 0 bridgehead atoms. The van der Waals surface area contributed by atoms with Crippen molar-refractivity contribution in [2.75, 3.05) is 20.2 Å². The SMILES string of the molecule is COc1ccc(CN2CCC(c3nnc4ccc(-c5ccncc5)nn34)CC2)cc1. The number of rotatable bonds is 5. The van der Waals surface area contributed by atoms with Gasteiger partial charge in [-0.2, -0.15) is 9.61 Å². The van der Waals surface area contributed by atoms with Crippen LogP contribution >= 0.6 is 0 Å². The molecular formula is C23H24N6O. The fourth-order valence-electron chi connectivity index (χ4n) is 4.08. The molecule has 1 aliphatic rings. The molecule has 0 spiro atoms. The standard InChI is InChI=1S/C23H24N6O/c1-30-20-4-2-17(3-5-20)16-28-14-10-19(11-15-28)23-26-25-22-7-6-21(27-29(22)23)18-8-12-24-13-9-18/h2-9,12-13,19H,10-11,14-16H2,1H3. The number of nitrogens with zero attached hydrogens (tertiary/aromatic N) is 6. The Hall–Kier alpha value is -3.32. The Bertz CT molecular complexity index is 1120. The summed E-state index contributed by atoms with van der Waals surface area (Å²) in [6, 6.07) is 16.2. The van der Waals surface area contributed by atoms with Crippen molar-refractivity contribution >= 4 is 5.65 Å². The molecule has 1 aliphatic heterocycles. The number of piperidine rings is 1. The lowest BCUT2D eigenvalue weighted by atomic mass is 9.95. The molecule has 4 heterocycles. The highest BCUT2D eigenvalue weighted by molar-refractivity contribution is 5.59. The lowest BCUT2D eigenvalue weighted by Gasteiger charge is -2.31. The molecule has 1 aromatic carbocycles. The summed E-state index contributed by atoms with van der Waals surface area (Å²) in [5.41, 5.74) is 4.05. The zero-order chi connectivity index (χ0) is 20.3. The number of benzene rings is 1. The lowest BCUT2D eigenvalue weighted by Crippen LogP contribution is -2.33. The second-order valence-corrected chi connectivity index (χ2v) is 7.68. The van der Waals surface area contributed by atoms with Gasteiger partial charge in [0, 0.05) is 30.4 Å². The minimum Gasteiger partial charge on any atom is -0.497 e. The van der Waals surface area contributed by atoms with Crippen molar-refractivity contribution in [1.82, 2.24) is 29.7 Å². The second kappa shape index (κ2) is 8.20. The molecule has 4 aromatic rings. The van der Waals surface area contributed by atoms with Gasteiger partial charge in [0.15, 0.2) is 11.5 Å². The van der Waals surface area contributed by atoms with E-state index in [0.717, 1.165) is 61.0 Å². The van der Waals surface area contributed by atoms with Crippen molar-refractivity contribution < 1.29 is 4.74 Å². The van der Waals surface area contributed by atoms with Gasteiger partial charge >= 0.3 is 0 Å². The smallest absolute Gasteiger partial charge is 0.177 e. The molecule has 1 saturated heterocycles. The fourth-order valence-corrected chi connectivity index (χ4v) is 4.08. The van der Waals surface area contributed by atoms with E-state index >= 15 is 0 Å². The maximum absolute atomic E-state index is 5.25. The van der Waals surface area contributed by atoms with Crippen molar-refractivity contribution in [2.24, 2.45) is 0 Å². The summed E-state index contributed by atoms with van der Waals surface area (Å²) in [5.74, 6) is 2.23. The summed E-state index contributed by atoms with van der Waals surface area (Å²) < 4.78 is 7.16. The van der Waals surface area contributed by atoms with E-state index in [4.69, 9.17) is 9.84 Å². The monoisotopic (exact) mass is 400 g/mol. The van der Waals surface area contributed by atoms with E-state index in [1.807, 2.05) is 40.9 Å². The Morgan fingerprint density at radius 2 is 1.70 bits per heavy atom. The summed E-state index contributed by atoms with van der Waals surface area (Å²) in [5, 5.41) is 13.7. The minimum absolute atomic E-state index is 0.368. The third kappa shape index (κ3) is 3.76. The van der Waals surface area contributed by atoms with Crippen molar-refractivity contribution in [1.29, 1.82) is 0 Å². The number of methoxy groups -OCH3 is 1. The van der Waals surface area contributed by atoms with Gasteiger partial charge in [-0.15, -0.1) is 10.2 Å². The number of likely N-dealkylation sites (tertiary alicyclic amines) is 1. The van der Waals surface area contributed by atoms with Crippen LogP contribution in [0.2, 0.25) is 0 Å². The number of aromatic nitrogens is 5. The summed E-state index contributed by atoms with van der Waals surface area (Å²) in [6.45, 7) is 3.03. The van der Waals surface area contributed by atoms with Crippen molar-refractivity contribution in [3.63, 3.8) is 0 Å². The molecule has 0 N–H and O–H groups in total. The Labute approximate surface area is 175 Å². The number of hydrogen-bond donors (Lipinski definition) is 0. The molecule has 7 heteroatoms. The normalized spacial score (nSPS) is 15.5. The van der Waals surface area contributed by atoms with Gasteiger partial charge in [0.1, 0.15) is 5.75 Å². The van der Waals surface area contributed by atoms with Crippen LogP contribution in [0.1, 0.15) is 30.1 Å². The Morgan fingerprint density at radius 1 is 0.933 bits per heavy atom. The Kier molecular flexibility index (Phi) is 5.11. The molecule has 3 aromatic heterocycles. The predicted molar refractivity (Wildman–Crippen MR) is 114 cm³/mol. The van der Waals surface area contributed by atoms with Crippen LogP contribution in [0.25, 0.3) is 16.9 Å². The largest absolute Gasteiger partial charge is 0.497 e. The van der Waals surface area contributed by atoms with Crippen LogP contribution in [0.4, 0.5) is 0 Å². The zero-order valence-corrected chi connectivity index (χ0v) is 17.0. The molecule has 30 heavy (non-hydrogen) atoms. The molecule has 0 atom stereocenters. The number of hydrogen-bond acceptors (Lipinski definition) is 6. The number of fused-ring (bicyclic) bond motifs is 1. The van der Waals surface area contributed by atoms with Crippen LogP contribution in [0.15, 0.2) is 60.9 Å². The summed E-state index contributed by atoms with van der Waals surface area (Å²) in [7, 11) is 1.70. The molecule has 1 fully saturated rings. The Balaban J connectivity index is 1.29. The highest BCUT2D eigenvalue weighted by atomic mass is 16.5. The average molecular weight is 400 g/mol. The predicted octanol–water partition coefficient (Wildman–Crippen LogP) is 3.57. The van der Waals surface area contributed by atoms with Gasteiger partial charge in [-0.25, -0.2) is 0 Å². The molecule has 7 nitrogen and oxygen atoms in total. The minimum atomic E-state index is 0.368. The number of ether oxygens (including phenoxy) is 1. The molecule has 0 saturated carbocycles. The van der Waals surface area contributed by atoms with E-state index in [1.165, 1.54) is 5.56 Å². The molecule has 152 valence electrons. The summed E-state index contributed by atoms with van der Waals surface area (Å²) >= 11 is 0. The maximum atomic E-state index is 5.25. The van der Waals surface area contributed by atoms with Crippen LogP contribution in [0.5, 0.6) is 5.75 Å². The fraction of sp³-hybridized carbons (Fsp3) is 0.304. The third-order valence-corrected chi connectivity index (χ3v) is 5.78. The first-order valence-electron chi connectivity index (χ1n) is 10.3. The van der Waals surface area contributed by atoms with Crippen LogP contribution in [0.3, 0.4) is 0 Å². The number of pyridine rings is 1. The quantitative estimate of drug-likeness (QED) is 0.510. The lowest BCUT2D eigenvalue weighted by molar-refractivity contribution is 0.201. The Morgan fingerprint density at radius 3 is 2.43 bits per heavy atom. The van der Waals surface area contributed by atoms with Crippen LogP contribution in [0, 0.1) is 0 Å². The molecule has 0 unspecified atom stereocenters. The highest BCUT2D eigenvalue weighted by Crippen LogP contribution is 2.28. The van der Waals surface area contributed by atoms with Gasteiger partial charge in [0.05, 0.1) is 12.8 Å². The van der Waals surface area contributed by atoms with E-state index in [9.17, 15) is 0 Å². The first kappa shape index (κ1) is 18.7. The molecule has 0 amide bonds. The van der Waals surface area contributed by atoms with Gasteiger partial charge in [-0.3, -0.25) is 9.88 Å². The first-order valence-corrected chi connectivity index (χ1v) is 10.3. The summed E-state index contributed by atoms with van der Waals surface area (Å²) in [4.78, 5) is 6.59. The van der Waals surface area contributed by atoms with Crippen LogP contribution in [-0.2, 0) is 6.54 Å². The van der Waals surface area contributed by atoms with E-state index in [-0.39, 0.29) is 0 Å². The van der Waals surface area contributed by atoms with E-state index in [1.54, 1.807) is 19.5 Å². The summed E-state index contributed by atoms with van der Waals surface area (Å²) in [6.07, 6.45) is 5.68. The molecular weight excluding hydrogens is 376 g/mol. The highest BCUT2D eigenvalue weighted by Gasteiger charge is 2.25. The van der Waals surface area contributed by atoms with Crippen molar-refractivity contribution in [2.45, 2.75) is 25.3 Å². The molecule has 0 radical (unpaired) electrons. The second-order valence-electron chi connectivity index (χ2n) is 7.68. The van der Waals surface area contributed by atoms with Gasteiger partial charge in [0.25, 0.3) is 0 Å².